The number of hydrogen-bond donors (Lipinski definition) is 1. The van der Waals surface area contributed by atoms with Gasteiger partial charge in [-0.2, -0.15) is 0 Å². The molecule has 0 heterocycles. The van der Waals surface area contributed by atoms with Crippen molar-refractivity contribution in [1.29, 1.82) is 0 Å². The standard InChI is InChI=1S/C16H27N3O2/c1-8-17-14(12(2)16(3,4)5)9-13(11-20)18-15(21)10-19(6)7/h8-9,11H,10H2,1-7H3,(H,18,21)/b13-9-,14-12+,17-8-. The summed E-state index contributed by atoms with van der Waals surface area (Å²) in [6, 6.07) is 0. The van der Waals surface area contributed by atoms with E-state index in [0.29, 0.717) is 12.0 Å². The van der Waals surface area contributed by atoms with Crippen molar-refractivity contribution in [1.82, 2.24) is 10.2 Å². The van der Waals surface area contributed by atoms with Gasteiger partial charge in [0.25, 0.3) is 0 Å². The van der Waals surface area contributed by atoms with Crippen molar-refractivity contribution in [2.24, 2.45) is 10.4 Å². The lowest BCUT2D eigenvalue weighted by molar-refractivity contribution is -0.121. The van der Waals surface area contributed by atoms with Crippen LogP contribution in [0.5, 0.6) is 0 Å². The highest BCUT2D eigenvalue weighted by molar-refractivity contribution is 5.87. The molecule has 0 unspecified atom stereocenters. The van der Waals surface area contributed by atoms with Gasteiger partial charge in [0.15, 0.2) is 6.29 Å². The molecule has 0 spiro atoms. The van der Waals surface area contributed by atoms with E-state index in [9.17, 15) is 9.59 Å². The number of carbonyl (C=O) groups is 2. The van der Waals surface area contributed by atoms with E-state index in [0.717, 1.165) is 5.57 Å². The van der Waals surface area contributed by atoms with Gasteiger partial charge in [0.1, 0.15) is 0 Å². The maximum absolute atomic E-state index is 11.7. The smallest absolute Gasteiger partial charge is 0.238 e. The number of nitrogens with one attached hydrogen (secondary N) is 1. The lowest BCUT2D eigenvalue weighted by atomic mass is 9.86. The van der Waals surface area contributed by atoms with Gasteiger partial charge in [-0.1, -0.05) is 20.8 Å². The molecule has 5 nitrogen and oxygen atoms in total. The quantitative estimate of drug-likeness (QED) is 0.353. The molecule has 0 fully saturated rings. The van der Waals surface area contributed by atoms with E-state index >= 15 is 0 Å². The molecule has 0 atom stereocenters. The fraction of sp³-hybridized carbons (Fsp3) is 0.562. The third kappa shape index (κ3) is 7.56. The first-order valence-electron chi connectivity index (χ1n) is 6.93. The molecule has 0 radical (unpaired) electrons. The van der Waals surface area contributed by atoms with Gasteiger partial charge in [-0.3, -0.25) is 14.6 Å². The van der Waals surface area contributed by atoms with E-state index in [1.165, 1.54) is 0 Å². The Morgan fingerprint density at radius 1 is 1.29 bits per heavy atom. The minimum absolute atomic E-state index is 0.0695. The molecular weight excluding hydrogens is 266 g/mol. The second kappa shape index (κ2) is 8.52. The van der Waals surface area contributed by atoms with Crippen LogP contribution in [0.15, 0.2) is 28.0 Å². The average Bonchev–Trinajstić information content (AvgIpc) is 2.34. The summed E-state index contributed by atoms with van der Waals surface area (Å²) in [5, 5.41) is 2.60. The predicted octanol–water partition coefficient (Wildman–Crippen LogP) is 2.16. The monoisotopic (exact) mass is 293 g/mol. The number of aliphatic imine (C=N–C) groups is 1. The lowest BCUT2D eigenvalue weighted by Crippen LogP contribution is -2.33. The number of rotatable bonds is 6. The van der Waals surface area contributed by atoms with E-state index in [4.69, 9.17) is 0 Å². The molecule has 0 rings (SSSR count). The third-order valence-electron chi connectivity index (χ3n) is 2.94. The number of allylic oxidation sites excluding steroid dienone is 3. The second-order valence-electron chi connectivity index (χ2n) is 6.15. The van der Waals surface area contributed by atoms with Crippen LogP contribution in [0, 0.1) is 5.41 Å². The van der Waals surface area contributed by atoms with E-state index in [1.807, 2.05) is 13.8 Å². The molecule has 0 bridgehead atoms. The van der Waals surface area contributed by atoms with Crippen LogP contribution in [0.4, 0.5) is 0 Å². The SMILES string of the molecule is C\C=N/C(/C=C(/C=O)NC(=O)CN(C)C)=C(\C)C(C)(C)C. The van der Waals surface area contributed by atoms with Crippen molar-refractivity contribution in [3.05, 3.63) is 23.0 Å². The molecule has 118 valence electrons. The Bertz CT molecular complexity index is 466. The summed E-state index contributed by atoms with van der Waals surface area (Å²) in [4.78, 5) is 28.9. The molecule has 0 aliphatic rings. The largest absolute Gasteiger partial charge is 0.322 e. The Kier molecular flexibility index (Phi) is 7.81. The molecule has 0 aromatic carbocycles. The van der Waals surface area contributed by atoms with Crippen molar-refractivity contribution in [3.8, 4) is 0 Å². The first kappa shape index (κ1) is 19.2. The van der Waals surface area contributed by atoms with Crippen molar-refractivity contribution in [3.63, 3.8) is 0 Å². The second-order valence-corrected chi connectivity index (χ2v) is 6.15. The number of aldehydes is 1. The van der Waals surface area contributed by atoms with Crippen LogP contribution in [0.3, 0.4) is 0 Å². The molecule has 21 heavy (non-hydrogen) atoms. The number of amides is 1. The van der Waals surface area contributed by atoms with Crippen LogP contribution >= 0.6 is 0 Å². The summed E-state index contributed by atoms with van der Waals surface area (Å²) in [5.41, 5.74) is 1.88. The Morgan fingerprint density at radius 3 is 2.24 bits per heavy atom. The first-order chi connectivity index (χ1) is 9.61. The first-order valence-corrected chi connectivity index (χ1v) is 6.93. The Balaban J connectivity index is 5.43. The third-order valence-corrected chi connectivity index (χ3v) is 2.94. The van der Waals surface area contributed by atoms with Crippen LogP contribution < -0.4 is 5.32 Å². The Morgan fingerprint density at radius 2 is 1.86 bits per heavy atom. The number of carbonyl (C=O) groups excluding carboxylic acids is 2. The molecule has 1 N–H and O–H groups in total. The normalized spacial score (nSPS) is 14.4. The summed E-state index contributed by atoms with van der Waals surface area (Å²) in [6.07, 6.45) is 3.92. The molecule has 0 aromatic rings. The van der Waals surface area contributed by atoms with Crippen molar-refractivity contribution >= 4 is 18.4 Å². The zero-order chi connectivity index (χ0) is 16.6. The summed E-state index contributed by atoms with van der Waals surface area (Å²) in [6.45, 7) is 10.2. The molecule has 0 saturated carbocycles. The number of nitrogens with zero attached hydrogens (tertiary/aromatic N) is 2. The highest BCUT2D eigenvalue weighted by Gasteiger charge is 2.16. The van der Waals surface area contributed by atoms with E-state index < -0.39 is 0 Å². The molecule has 0 saturated heterocycles. The van der Waals surface area contributed by atoms with Crippen LogP contribution in [0.2, 0.25) is 0 Å². The molecule has 5 heteroatoms. The topological polar surface area (TPSA) is 61.8 Å². The molecule has 0 aromatic heterocycles. The average molecular weight is 293 g/mol. The highest BCUT2D eigenvalue weighted by Crippen LogP contribution is 2.28. The van der Waals surface area contributed by atoms with Crippen molar-refractivity contribution in [2.45, 2.75) is 34.6 Å². The van der Waals surface area contributed by atoms with Gasteiger partial charge in [-0.25, -0.2) is 0 Å². The van der Waals surface area contributed by atoms with E-state index in [-0.39, 0.29) is 23.6 Å². The van der Waals surface area contributed by atoms with Crippen LogP contribution in [-0.2, 0) is 9.59 Å². The van der Waals surface area contributed by atoms with Gasteiger partial charge in [-0.05, 0) is 45.0 Å². The fourth-order valence-corrected chi connectivity index (χ4v) is 1.50. The minimum Gasteiger partial charge on any atom is -0.322 e. The highest BCUT2D eigenvalue weighted by atomic mass is 16.2. The molecule has 0 aliphatic heterocycles. The summed E-state index contributed by atoms with van der Waals surface area (Å²) in [7, 11) is 3.58. The van der Waals surface area contributed by atoms with Gasteiger partial charge in [0.05, 0.1) is 17.9 Å². The summed E-state index contributed by atoms with van der Waals surface area (Å²) >= 11 is 0. The number of likely N-dealkylation sites (N-methyl/N-ethyl adjacent to an activating group) is 1. The van der Waals surface area contributed by atoms with Gasteiger partial charge in [0, 0.05) is 6.21 Å². The van der Waals surface area contributed by atoms with Crippen molar-refractivity contribution < 1.29 is 9.59 Å². The van der Waals surface area contributed by atoms with Crippen LogP contribution in [-0.4, -0.2) is 43.9 Å². The Labute approximate surface area is 127 Å². The predicted molar refractivity (Wildman–Crippen MR) is 87.2 cm³/mol. The molecule has 0 aliphatic carbocycles. The zero-order valence-corrected chi connectivity index (χ0v) is 14.2. The zero-order valence-electron chi connectivity index (χ0n) is 14.2. The van der Waals surface area contributed by atoms with Crippen molar-refractivity contribution in [2.75, 3.05) is 20.6 Å². The maximum Gasteiger partial charge on any atom is 0.238 e. The minimum atomic E-state index is -0.230. The van der Waals surface area contributed by atoms with Gasteiger partial charge in [0.2, 0.25) is 5.91 Å². The van der Waals surface area contributed by atoms with Gasteiger partial charge < -0.3 is 10.2 Å². The fourth-order valence-electron chi connectivity index (χ4n) is 1.50. The number of hydrogen-bond acceptors (Lipinski definition) is 4. The van der Waals surface area contributed by atoms with Gasteiger partial charge in [-0.15, -0.1) is 0 Å². The Hall–Kier alpha value is -1.75. The summed E-state index contributed by atoms with van der Waals surface area (Å²) in [5.74, 6) is -0.230. The maximum atomic E-state index is 11.7. The molecular formula is C16H27N3O2. The van der Waals surface area contributed by atoms with Crippen LogP contribution in [0.25, 0.3) is 0 Å². The van der Waals surface area contributed by atoms with E-state index in [1.54, 1.807) is 31.3 Å². The molecule has 1 amide bonds. The summed E-state index contributed by atoms with van der Waals surface area (Å²) < 4.78 is 0. The lowest BCUT2D eigenvalue weighted by Gasteiger charge is -2.21. The van der Waals surface area contributed by atoms with E-state index in [2.05, 4.69) is 31.1 Å². The van der Waals surface area contributed by atoms with Gasteiger partial charge >= 0.3 is 0 Å². The van der Waals surface area contributed by atoms with Crippen LogP contribution in [0.1, 0.15) is 34.6 Å².